The second-order valence-electron chi connectivity index (χ2n) is 5.17. The highest BCUT2D eigenvalue weighted by Crippen LogP contribution is 2.26. The molecule has 0 saturated carbocycles. The molecule has 0 radical (unpaired) electrons. The molecule has 2 rings (SSSR count). The van der Waals surface area contributed by atoms with Crippen LogP contribution in [0.1, 0.15) is 37.6 Å². The molecule has 0 bridgehead atoms. The second-order valence-corrected chi connectivity index (χ2v) is 5.17. The van der Waals surface area contributed by atoms with E-state index in [0.29, 0.717) is 19.8 Å². The minimum Gasteiger partial charge on any atom is -0.380 e. The maximum absolute atomic E-state index is 12.4. The molecule has 1 fully saturated rings. The Kier molecular flexibility index (Phi) is 5.15. The number of ether oxygens (including phenoxy) is 1. The van der Waals surface area contributed by atoms with E-state index in [1.165, 1.54) is 5.56 Å². The van der Waals surface area contributed by atoms with Crippen molar-refractivity contribution in [3.05, 3.63) is 35.4 Å². The maximum atomic E-state index is 12.4. The molecule has 2 unspecified atom stereocenters. The van der Waals surface area contributed by atoms with Gasteiger partial charge in [-0.15, -0.1) is 0 Å². The quantitative estimate of drug-likeness (QED) is 0.810. The lowest BCUT2D eigenvalue weighted by Gasteiger charge is -2.24. The third-order valence-electron chi connectivity index (χ3n) is 3.70. The van der Waals surface area contributed by atoms with E-state index in [1.54, 1.807) is 0 Å². The molecule has 1 aromatic rings. The van der Waals surface area contributed by atoms with Crippen molar-refractivity contribution >= 4 is 5.91 Å². The SMILES string of the molecule is CCOCCN1C(=O)C(CC)NC1c1cccc(C)c1. The number of carbonyl (C=O) groups excluding carboxylic acids is 1. The van der Waals surface area contributed by atoms with Crippen LogP contribution >= 0.6 is 0 Å². The van der Waals surface area contributed by atoms with Crippen molar-refractivity contribution in [3.63, 3.8) is 0 Å². The van der Waals surface area contributed by atoms with E-state index in [-0.39, 0.29) is 18.1 Å². The van der Waals surface area contributed by atoms with Crippen molar-refractivity contribution in [1.29, 1.82) is 0 Å². The Morgan fingerprint density at radius 3 is 2.80 bits per heavy atom. The van der Waals surface area contributed by atoms with Crippen LogP contribution in [0.4, 0.5) is 0 Å². The number of hydrogen-bond donors (Lipinski definition) is 1. The molecule has 20 heavy (non-hydrogen) atoms. The Morgan fingerprint density at radius 1 is 1.35 bits per heavy atom. The molecule has 1 aromatic carbocycles. The van der Waals surface area contributed by atoms with Crippen molar-refractivity contribution in [2.75, 3.05) is 19.8 Å². The topological polar surface area (TPSA) is 41.6 Å². The fraction of sp³-hybridized carbons (Fsp3) is 0.562. The van der Waals surface area contributed by atoms with Crippen molar-refractivity contribution in [2.24, 2.45) is 0 Å². The summed E-state index contributed by atoms with van der Waals surface area (Å²) >= 11 is 0. The van der Waals surface area contributed by atoms with Gasteiger partial charge in [0.25, 0.3) is 0 Å². The smallest absolute Gasteiger partial charge is 0.241 e. The molecule has 1 N–H and O–H groups in total. The molecule has 1 aliphatic heterocycles. The van der Waals surface area contributed by atoms with Crippen LogP contribution in [0.25, 0.3) is 0 Å². The maximum Gasteiger partial charge on any atom is 0.241 e. The summed E-state index contributed by atoms with van der Waals surface area (Å²) in [7, 11) is 0. The minimum absolute atomic E-state index is 0.0344. The number of hydrogen-bond acceptors (Lipinski definition) is 3. The highest BCUT2D eigenvalue weighted by molar-refractivity contribution is 5.84. The van der Waals surface area contributed by atoms with E-state index in [2.05, 4.69) is 30.4 Å². The van der Waals surface area contributed by atoms with Gasteiger partial charge in [-0.3, -0.25) is 10.1 Å². The van der Waals surface area contributed by atoms with E-state index in [0.717, 1.165) is 12.0 Å². The Bertz CT molecular complexity index is 462. The molecule has 1 aliphatic rings. The molecule has 0 aromatic heterocycles. The average molecular weight is 276 g/mol. The fourth-order valence-corrected chi connectivity index (χ4v) is 2.63. The van der Waals surface area contributed by atoms with Crippen LogP contribution in [0.2, 0.25) is 0 Å². The molecule has 4 nitrogen and oxygen atoms in total. The van der Waals surface area contributed by atoms with Crippen LogP contribution in [0, 0.1) is 6.92 Å². The molecule has 0 aliphatic carbocycles. The zero-order valence-electron chi connectivity index (χ0n) is 12.6. The van der Waals surface area contributed by atoms with Crippen LogP contribution in [0.15, 0.2) is 24.3 Å². The van der Waals surface area contributed by atoms with Crippen LogP contribution in [-0.4, -0.2) is 36.6 Å². The molecule has 1 saturated heterocycles. The summed E-state index contributed by atoms with van der Waals surface area (Å²) in [6.07, 6.45) is 0.777. The van der Waals surface area contributed by atoms with Gasteiger partial charge in [0.1, 0.15) is 6.17 Å². The summed E-state index contributed by atoms with van der Waals surface area (Å²) < 4.78 is 5.40. The minimum atomic E-state index is -0.0814. The van der Waals surface area contributed by atoms with Crippen molar-refractivity contribution in [1.82, 2.24) is 10.2 Å². The Balaban J connectivity index is 2.17. The monoisotopic (exact) mass is 276 g/mol. The summed E-state index contributed by atoms with van der Waals surface area (Å²) in [5.41, 5.74) is 2.35. The molecule has 110 valence electrons. The second kappa shape index (κ2) is 6.86. The predicted molar refractivity (Wildman–Crippen MR) is 79.3 cm³/mol. The highest BCUT2D eigenvalue weighted by Gasteiger charge is 2.38. The van der Waals surface area contributed by atoms with Gasteiger partial charge >= 0.3 is 0 Å². The van der Waals surface area contributed by atoms with E-state index in [9.17, 15) is 4.79 Å². The van der Waals surface area contributed by atoms with Gasteiger partial charge in [-0.05, 0) is 25.8 Å². The Morgan fingerprint density at radius 2 is 2.15 bits per heavy atom. The highest BCUT2D eigenvalue weighted by atomic mass is 16.5. The normalized spacial score (nSPS) is 22.6. The van der Waals surface area contributed by atoms with Gasteiger partial charge in [-0.1, -0.05) is 36.8 Å². The van der Waals surface area contributed by atoms with Crippen molar-refractivity contribution in [3.8, 4) is 0 Å². The zero-order chi connectivity index (χ0) is 14.5. The van der Waals surface area contributed by atoms with Gasteiger partial charge in [-0.25, -0.2) is 0 Å². The molecular formula is C16H24N2O2. The lowest BCUT2D eigenvalue weighted by Crippen LogP contribution is -2.34. The van der Waals surface area contributed by atoms with Crippen LogP contribution in [0.5, 0.6) is 0 Å². The third kappa shape index (κ3) is 3.19. The first-order valence-corrected chi connectivity index (χ1v) is 7.38. The van der Waals surface area contributed by atoms with Gasteiger partial charge in [-0.2, -0.15) is 0 Å². The number of rotatable bonds is 6. The summed E-state index contributed by atoms with van der Waals surface area (Å²) in [4.78, 5) is 14.3. The number of nitrogens with zero attached hydrogens (tertiary/aromatic N) is 1. The van der Waals surface area contributed by atoms with E-state index in [4.69, 9.17) is 4.74 Å². The fourth-order valence-electron chi connectivity index (χ4n) is 2.63. The zero-order valence-corrected chi connectivity index (χ0v) is 12.6. The van der Waals surface area contributed by atoms with Gasteiger partial charge in [0.05, 0.1) is 12.6 Å². The van der Waals surface area contributed by atoms with Gasteiger partial charge in [0.2, 0.25) is 5.91 Å². The lowest BCUT2D eigenvalue weighted by molar-refractivity contribution is -0.130. The van der Waals surface area contributed by atoms with Gasteiger partial charge in [0, 0.05) is 13.2 Å². The predicted octanol–water partition coefficient (Wildman–Crippen LogP) is 2.24. The summed E-state index contributed by atoms with van der Waals surface area (Å²) in [6.45, 7) is 7.98. The van der Waals surface area contributed by atoms with Crippen LogP contribution < -0.4 is 5.32 Å². The number of benzene rings is 1. The molecule has 1 amide bonds. The Labute approximate surface area is 121 Å². The van der Waals surface area contributed by atoms with Gasteiger partial charge < -0.3 is 9.64 Å². The van der Waals surface area contributed by atoms with E-state index in [1.807, 2.05) is 24.8 Å². The van der Waals surface area contributed by atoms with E-state index >= 15 is 0 Å². The molecular weight excluding hydrogens is 252 g/mol. The number of carbonyl (C=O) groups is 1. The molecule has 4 heteroatoms. The standard InChI is InChI=1S/C16H24N2O2/c1-4-14-16(19)18(9-10-20-5-2)15(17-14)13-8-6-7-12(3)11-13/h6-8,11,14-15,17H,4-5,9-10H2,1-3H3. The molecule has 1 heterocycles. The Hall–Kier alpha value is -1.39. The largest absolute Gasteiger partial charge is 0.380 e. The van der Waals surface area contributed by atoms with E-state index < -0.39 is 0 Å². The first-order valence-electron chi connectivity index (χ1n) is 7.38. The van der Waals surface area contributed by atoms with Crippen molar-refractivity contribution in [2.45, 2.75) is 39.4 Å². The summed E-state index contributed by atoms with van der Waals surface area (Å²) in [5.74, 6) is 0.179. The lowest BCUT2D eigenvalue weighted by atomic mass is 10.1. The summed E-state index contributed by atoms with van der Waals surface area (Å²) in [5, 5.41) is 3.43. The van der Waals surface area contributed by atoms with Crippen LogP contribution in [-0.2, 0) is 9.53 Å². The van der Waals surface area contributed by atoms with Crippen LogP contribution in [0.3, 0.4) is 0 Å². The summed E-state index contributed by atoms with van der Waals surface area (Å²) in [6, 6.07) is 8.24. The number of amides is 1. The first-order chi connectivity index (χ1) is 9.67. The van der Waals surface area contributed by atoms with Crippen molar-refractivity contribution < 1.29 is 9.53 Å². The average Bonchev–Trinajstić information content (AvgIpc) is 2.76. The molecule has 2 atom stereocenters. The molecule has 0 spiro atoms. The number of aryl methyl sites for hydroxylation is 1. The van der Waals surface area contributed by atoms with Gasteiger partial charge in [0.15, 0.2) is 0 Å². The number of nitrogens with one attached hydrogen (secondary N) is 1. The first kappa shape index (κ1) is 15.0. The third-order valence-corrected chi connectivity index (χ3v) is 3.70.